The van der Waals surface area contributed by atoms with Gasteiger partial charge in [-0.2, -0.15) is 0 Å². The van der Waals surface area contributed by atoms with Crippen LogP contribution in [-0.4, -0.2) is 44.7 Å². The number of phenolic OH excluding ortho intramolecular Hbond substituents is 1. The predicted molar refractivity (Wildman–Crippen MR) is 99.5 cm³/mol. The minimum atomic E-state index is -2.10. The maximum Gasteiger partial charge on any atom is 0.340 e. The molecule has 1 aliphatic rings. The molecule has 8 heteroatoms. The zero-order valence-corrected chi connectivity index (χ0v) is 16.4. The summed E-state index contributed by atoms with van der Waals surface area (Å²) in [4.78, 5) is 24.6. The fourth-order valence-electron chi connectivity index (χ4n) is 3.11. The summed E-state index contributed by atoms with van der Waals surface area (Å²) in [5.74, 6) is -0.583. The minimum Gasteiger partial charge on any atom is -0.507 e. The highest BCUT2D eigenvalue weighted by Gasteiger charge is 2.45. The summed E-state index contributed by atoms with van der Waals surface area (Å²) in [5.41, 5.74) is -2.99. The molecule has 1 aromatic heterocycles. The first-order chi connectivity index (χ1) is 12.8. The Morgan fingerprint density at radius 1 is 1.39 bits per heavy atom. The molecule has 0 saturated heterocycles. The molecule has 3 N–H and O–H groups in total. The lowest BCUT2D eigenvalue weighted by atomic mass is 9.89. The molecule has 0 saturated carbocycles. The van der Waals surface area contributed by atoms with Crippen molar-refractivity contribution in [2.45, 2.75) is 64.4 Å². The van der Waals surface area contributed by atoms with E-state index >= 15 is 0 Å². The van der Waals surface area contributed by atoms with Crippen molar-refractivity contribution in [2.75, 3.05) is 0 Å². The van der Waals surface area contributed by atoms with E-state index in [4.69, 9.17) is 13.9 Å². The monoisotopic (exact) mass is 392 g/mol. The van der Waals surface area contributed by atoms with E-state index in [0.29, 0.717) is 17.1 Å². The number of hydrogen-bond acceptors (Lipinski definition) is 8. The first-order valence-electron chi connectivity index (χ1n) is 8.94. The summed E-state index contributed by atoms with van der Waals surface area (Å²) in [6.07, 6.45) is -2.16. The number of ether oxygens (including phenoxy) is 2. The molecule has 2 aromatic rings. The van der Waals surface area contributed by atoms with E-state index in [2.05, 4.69) is 0 Å². The van der Waals surface area contributed by atoms with E-state index in [9.17, 15) is 24.9 Å². The number of aliphatic hydroxyl groups excluding tert-OH is 1. The Morgan fingerprint density at radius 3 is 2.64 bits per heavy atom. The molecule has 3 rings (SSSR count). The van der Waals surface area contributed by atoms with Gasteiger partial charge in [0.15, 0.2) is 11.0 Å². The smallest absolute Gasteiger partial charge is 0.340 e. The number of aliphatic hydroxyl groups is 2. The van der Waals surface area contributed by atoms with Crippen molar-refractivity contribution in [3.8, 4) is 11.5 Å². The second-order valence-corrected chi connectivity index (χ2v) is 7.92. The van der Waals surface area contributed by atoms with Gasteiger partial charge in [-0.3, -0.25) is 4.79 Å². The first kappa shape index (κ1) is 20.2. The van der Waals surface area contributed by atoms with Gasteiger partial charge in [-0.25, -0.2) is 4.79 Å². The van der Waals surface area contributed by atoms with Crippen molar-refractivity contribution in [1.82, 2.24) is 0 Å². The summed E-state index contributed by atoms with van der Waals surface area (Å²) in [7, 11) is 0. The molecule has 152 valence electrons. The van der Waals surface area contributed by atoms with E-state index in [1.54, 1.807) is 20.8 Å². The molecule has 3 atom stereocenters. The molecule has 28 heavy (non-hydrogen) atoms. The van der Waals surface area contributed by atoms with Crippen molar-refractivity contribution < 1.29 is 34.0 Å². The van der Waals surface area contributed by atoms with Crippen LogP contribution in [0.1, 0.15) is 39.0 Å². The SMILES string of the molecule is Cc1cc(=O)c2c(O)c3c(cc2o1)OC(C)(C)C(OC(=O)C(C)(O)C(C)O)C3. The fourth-order valence-corrected chi connectivity index (χ4v) is 3.11. The summed E-state index contributed by atoms with van der Waals surface area (Å²) in [6.45, 7) is 7.45. The van der Waals surface area contributed by atoms with Gasteiger partial charge in [0.2, 0.25) is 0 Å². The van der Waals surface area contributed by atoms with Crippen molar-refractivity contribution in [3.63, 3.8) is 0 Å². The van der Waals surface area contributed by atoms with Gasteiger partial charge in [-0.05, 0) is 34.6 Å². The maximum absolute atomic E-state index is 12.3. The van der Waals surface area contributed by atoms with Gasteiger partial charge in [-0.15, -0.1) is 0 Å². The van der Waals surface area contributed by atoms with Crippen LogP contribution in [0, 0.1) is 6.92 Å². The van der Waals surface area contributed by atoms with E-state index < -0.39 is 34.8 Å². The lowest BCUT2D eigenvalue weighted by molar-refractivity contribution is -0.189. The summed E-state index contributed by atoms with van der Waals surface area (Å²) >= 11 is 0. The highest BCUT2D eigenvalue weighted by molar-refractivity contribution is 5.87. The summed E-state index contributed by atoms with van der Waals surface area (Å²) in [5, 5.41) is 30.5. The minimum absolute atomic E-state index is 0.0220. The highest BCUT2D eigenvalue weighted by Crippen LogP contribution is 2.43. The Kier molecular flexibility index (Phi) is 4.68. The molecule has 0 aliphatic carbocycles. The standard InChI is InChI=1S/C20H24O8/c1-9-6-12(22)16-14(26-9)8-13-11(17(16)23)7-15(19(3,4)28-13)27-18(24)20(5,25)10(2)21/h6,8,10,15,21,23,25H,7H2,1-5H3. The number of hydrogen-bond donors (Lipinski definition) is 3. The maximum atomic E-state index is 12.3. The Morgan fingerprint density at radius 2 is 2.04 bits per heavy atom. The van der Waals surface area contributed by atoms with E-state index in [-0.39, 0.29) is 23.1 Å². The van der Waals surface area contributed by atoms with E-state index in [1.165, 1.54) is 19.1 Å². The zero-order chi connectivity index (χ0) is 21.0. The molecular weight excluding hydrogens is 368 g/mol. The van der Waals surface area contributed by atoms with Crippen molar-refractivity contribution in [3.05, 3.63) is 33.7 Å². The van der Waals surface area contributed by atoms with Crippen LogP contribution in [0.5, 0.6) is 11.5 Å². The number of carbonyl (C=O) groups is 1. The van der Waals surface area contributed by atoms with Crippen molar-refractivity contribution >= 4 is 16.9 Å². The lowest BCUT2D eigenvalue weighted by Gasteiger charge is -2.40. The molecule has 2 heterocycles. The fraction of sp³-hybridized carbons (Fsp3) is 0.500. The van der Waals surface area contributed by atoms with Gasteiger partial charge in [-0.1, -0.05) is 0 Å². The van der Waals surface area contributed by atoms with Crippen molar-refractivity contribution in [2.24, 2.45) is 0 Å². The second-order valence-electron chi connectivity index (χ2n) is 7.92. The number of aromatic hydroxyl groups is 1. The van der Waals surface area contributed by atoms with Crippen LogP contribution in [0.25, 0.3) is 11.0 Å². The van der Waals surface area contributed by atoms with Crippen molar-refractivity contribution in [1.29, 1.82) is 0 Å². The average Bonchev–Trinajstić information content (AvgIpc) is 2.54. The molecule has 1 aliphatic heterocycles. The average molecular weight is 392 g/mol. The quantitative estimate of drug-likeness (QED) is 0.672. The third kappa shape index (κ3) is 3.22. The molecular formula is C20H24O8. The van der Waals surface area contributed by atoms with Gasteiger partial charge < -0.3 is 29.2 Å². The third-order valence-corrected chi connectivity index (χ3v) is 5.19. The molecule has 3 unspecified atom stereocenters. The molecule has 0 spiro atoms. The van der Waals surface area contributed by atoms with Crippen LogP contribution >= 0.6 is 0 Å². The largest absolute Gasteiger partial charge is 0.507 e. The predicted octanol–water partition coefficient (Wildman–Crippen LogP) is 1.56. The zero-order valence-electron chi connectivity index (χ0n) is 16.4. The van der Waals surface area contributed by atoms with Crippen LogP contribution in [0.3, 0.4) is 0 Å². The van der Waals surface area contributed by atoms with Crippen LogP contribution in [-0.2, 0) is 16.0 Å². The number of aryl methyl sites for hydroxylation is 1. The highest BCUT2D eigenvalue weighted by atomic mass is 16.6. The third-order valence-electron chi connectivity index (χ3n) is 5.19. The first-order valence-corrected chi connectivity index (χ1v) is 8.94. The molecule has 8 nitrogen and oxygen atoms in total. The number of fused-ring (bicyclic) bond motifs is 2. The molecule has 1 aromatic carbocycles. The Labute approximate surface area is 161 Å². The summed E-state index contributed by atoms with van der Waals surface area (Å²) < 4.78 is 16.9. The Bertz CT molecular complexity index is 999. The number of phenols is 1. The number of esters is 1. The van der Waals surface area contributed by atoms with Gasteiger partial charge >= 0.3 is 5.97 Å². The second kappa shape index (κ2) is 6.49. The van der Waals surface area contributed by atoms with Gasteiger partial charge in [0, 0.05) is 24.1 Å². The van der Waals surface area contributed by atoms with E-state index in [0.717, 1.165) is 6.92 Å². The molecule has 0 bridgehead atoms. The Hall–Kier alpha value is -2.58. The van der Waals surface area contributed by atoms with Crippen LogP contribution in [0.15, 0.2) is 21.3 Å². The number of benzene rings is 1. The lowest BCUT2D eigenvalue weighted by Crippen LogP contribution is -2.54. The molecule has 0 fully saturated rings. The van der Waals surface area contributed by atoms with Crippen LogP contribution in [0.2, 0.25) is 0 Å². The van der Waals surface area contributed by atoms with E-state index in [1.807, 2.05) is 0 Å². The van der Waals surface area contributed by atoms with Gasteiger partial charge in [0.05, 0.1) is 6.10 Å². The normalized spacial score (nSPS) is 21.3. The molecule has 0 amide bonds. The van der Waals surface area contributed by atoms with Gasteiger partial charge in [0.25, 0.3) is 0 Å². The molecule has 0 radical (unpaired) electrons. The summed E-state index contributed by atoms with van der Waals surface area (Å²) in [6, 6.07) is 2.81. The topological polar surface area (TPSA) is 126 Å². The Balaban J connectivity index is 2.04. The van der Waals surface area contributed by atoms with Gasteiger partial charge in [0.1, 0.15) is 39.9 Å². The number of rotatable bonds is 3. The van der Waals surface area contributed by atoms with Crippen LogP contribution in [0.4, 0.5) is 0 Å². The number of carbonyl (C=O) groups excluding carboxylic acids is 1. The van der Waals surface area contributed by atoms with Crippen LogP contribution < -0.4 is 10.2 Å².